The van der Waals surface area contributed by atoms with Gasteiger partial charge in [-0.15, -0.1) is 0 Å². The van der Waals surface area contributed by atoms with Crippen LogP contribution in [0.3, 0.4) is 0 Å². The molecule has 104 valence electrons. The molecule has 0 aliphatic heterocycles. The normalized spacial score (nSPS) is 29.8. The molecule has 3 rings (SSSR count). The molecule has 0 radical (unpaired) electrons. The summed E-state index contributed by atoms with van der Waals surface area (Å²) < 4.78 is 0. The Hall–Kier alpha value is -2.54. The highest BCUT2D eigenvalue weighted by molar-refractivity contribution is 5.70. The summed E-state index contributed by atoms with van der Waals surface area (Å²) in [5.74, 6) is 0.629. The van der Waals surface area contributed by atoms with Gasteiger partial charge in [-0.2, -0.15) is 9.58 Å². The smallest absolute Gasteiger partial charge is 0.262 e. The molecule has 4 atom stereocenters. The van der Waals surface area contributed by atoms with Gasteiger partial charge in [0.25, 0.3) is 12.4 Å². The van der Waals surface area contributed by atoms with Crippen molar-refractivity contribution in [3.05, 3.63) is 70.8 Å². The Morgan fingerprint density at radius 3 is 2.48 bits per heavy atom. The van der Waals surface area contributed by atoms with Crippen molar-refractivity contribution in [2.75, 3.05) is 0 Å². The van der Waals surface area contributed by atoms with Crippen LogP contribution >= 0.6 is 0 Å². The van der Waals surface area contributed by atoms with Gasteiger partial charge in [-0.25, -0.2) is 0 Å². The molecule has 0 spiro atoms. The molecule has 2 aliphatic rings. The molecule has 0 aromatic heterocycles. The largest absolute Gasteiger partial charge is 0.362 e. The third-order valence-electron chi connectivity index (χ3n) is 4.41. The van der Waals surface area contributed by atoms with Crippen molar-refractivity contribution in [3.63, 3.8) is 0 Å². The van der Waals surface area contributed by atoms with E-state index in [1.54, 1.807) is 6.21 Å². The van der Waals surface area contributed by atoms with Gasteiger partial charge >= 0.3 is 0 Å². The number of nitrogens with zero attached hydrogens (tertiary/aromatic N) is 4. The quantitative estimate of drug-likeness (QED) is 0.352. The van der Waals surface area contributed by atoms with Crippen molar-refractivity contribution in [2.45, 2.75) is 12.3 Å². The van der Waals surface area contributed by atoms with Crippen LogP contribution in [0, 0.1) is 17.8 Å². The fourth-order valence-corrected chi connectivity index (χ4v) is 3.42. The van der Waals surface area contributed by atoms with Crippen LogP contribution in [0.1, 0.15) is 17.9 Å². The Kier molecular flexibility index (Phi) is 3.74. The minimum Gasteiger partial charge on any atom is -0.362 e. The molecule has 1 aromatic carbocycles. The second-order valence-corrected chi connectivity index (χ2v) is 5.56. The minimum absolute atomic E-state index is 0.0464. The van der Waals surface area contributed by atoms with Crippen LogP contribution in [0.2, 0.25) is 0 Å². The van der Waals surface area contributed by atoms with Crippen molar-refractivity contribution < 1.29 is 9.58 Å². The van der Waals surface area contributed by atoms with E-state index in [4.69, 9.17) is 11.1 Å². The highest BCUT2D eigenvalue weighted by Crippen LogP contribution is 2.44. The highest BCUT2D eigenvalue weighted by atomic mass is 14.9. The zero-order valence-electron chi connectivity index (χ0n) is 11.6. The molecule has 0 saturated heterocycles. The van der Waals surface area contributed by atoms with Gasteiger partial charge < -0.3 is 11.1 Å². The molecule has 21 heavy (non-hydrogen) atoms. The van der Waals surface area contributed by atoms with Crippen LogP contribution in [-0.2, 0) is 0 Å². The number of benzene rings is 1. The van der Waals surface area contributed by atoms with E-state index < -0.39 is 0 Å². The molecule has 4 nitrogen and oxygen atoms in total. The third-order valence-corrected chi connectivity index (χ3v) is 4.41. The molecule has 4 heteroatoms. The standard InChI is InChI=1S/C17H16N4/c18-20-10-15-9-14-8-13(12-4-2-1-3-5-12)6-7-16(14)17(15)11-21-19/h1-8,10-11,13,15-17H,9H2/t13-,15+,16-,17+/m1/s1. The van der Waals surface area contributed by atoms with Gasteiger partial charge in [0.1, 0.15) is 0 Å². The van der Waals surface area contributed by atoms with Crippen LogP contribution < -0.4 is 0 Å². The molecule has 0 N–H and O–H groups in total. The molecule has 0 bridgehead atoms. The first kappa shape index (κ1) is 13.4. The Bertz CT molecular complexity index is 676. The third kappa shape index (κ3) is 2.55. The molecule has 1 aromatic rings. The molecular formula is C17H16N4. The zero-order chi connectivity index (χ0) is 14.7. The van der Waals surface area contributed by atoms with Crippen LogP contribution in [-0.4, -0.2) is 22.0 Å². The lowest BCUT2D eigenvalue weighted by molar-refractivity contribution is -0.0122. The summed E-state index contributed by atoms with van der Waals surface area (Å²) in [6.07, 6.45) is 10.6. The van der Waals surface area contributed by atoms with Crippen molar-refractivity contribution >= 4 is 12.4 Å². The topological polar surface area (TPSA) is 72.8 Å². The van der Waals surface area contributed by atoms with Crippen LogP contribution in [0.25, 0.3) is 11.1 Å². The Morgan fingerprint density at radius 1 is 1.00 bits per heavy atom. The average molecular weight is 276 g/mol. The lowest BCUT2D eigenvalue weighted by Crippen LogP contribution is -2.18. The van der Waals surface area contributed by atoms with Crippen molar-refractivity contribution in [3.8, 4) is 0 Å². The molecule has 0 unspecified atom stereocenters. The summed E-state index contributed by atoms with van der Waals surface area (Å²) in [5.41, 5.74) is 20.2. The van der Waals surface area contributed by atoms with Gasteiger partial charge in [-0.05, 0) is 12.0 Å². The van der Waals surface area contributed by atoms with E-state index >= 15 is 0 Å². The lowest BCUT2D eigenvalue weighted by Gasteiger charge is -2.20. The van der Waals surface area contributed by atoms with E-state index in [9.17, 15) is 0 Å². The first-order chi connectivity index (χ1) is 10.3. The number of hydrogen-bond donors (Lipinski definition) is 0. The summed E-state index contributed by atoms with van der Waals surface area (Å²) >= 11 is 0. The van der Waals surface area contributed by atoms with Gasteiger partial charge in [-0.1, -0.05) is 54.1 Å². The van der Waals surface area contributed by atoms with Gasteiger partial charge in [0.2, 0.25) is 0 Å². The predicted octanol–water partition coefficient (Wildman–Crippen LogP) is 3.12. The number of rotatable bonds is 3. The second kappa shape index (κ2) is 5.84. The fraction of sp³-hybridized carbons (Fsp3) is 0.294. The first-order valence-electron chi connectivity index (χ1n) is 7.12. The maximum atomic E-state index is 8.85. The lowest BCUT2D eigenvalue weighted by atomic mass is 9.83. The summed E-state index contributed by atoms with van der Waals surface area (Å²) in [7, 11) is 0. The van der Waals surface area contributed by atoms with Gasteiger partial charge in [0, 0.05) is 11.8 Å². The Labute approximate surface area is 123 Å². The minimum atomic E-state index is 0.0464. The zero-order valence-corrected chi connectivity index (χ0v) is 11.6. The average Bonchev–Trinajstić information content (AvgIpc) is 2.86. The Balaban J connectivity index is 1.92. The van der Waals surface area contributed by atoms with E-state index in [0.29, 0.717) is 0 Å². The maximum absolute atomic E-state index is 8.85. The summed E-state index contributed by atoms with van der Waals surface area (Å²) in [6, 6.07) is 10.4. The number of allylic oxidation sites excluding steroid dienone is 4. The summed E-state index contributed by atoms with van der Waals surface area (Å²) in [5, 5.41) is 0. The monoisotopic (exact) mass is 276 g/mol. The van der Waals surface area contributed by atoms with Crippen LogP contribution in [0.15, 0.2) is 54.1 Å². The van der Waals surface area contributed by atoms with Crippen molar-refractivity contribution in [2.24, 2.45) is 17.8 Å². The van der Waals surface area contributed by atoms with Gasteiger partial charge in [0.05, 0.1) is 11.8 Å². The molecule has 0 amide bonds. The molecule has 1 fully saturated rings. The van der Waals surface area contributed by atoms with E-state index in [0.717, 1.165) is 6.42 Å². The van der Waals surface area contributed by atoms with Crippen LogP contribution in [0.4, 0.5) is 0 Å². The second-order valence-electron chi connectivity index (χ2n) is 5.56. The predicted molar refractivity (Wildman–Crippen MR) is 80.9 cm³/mol. The molecule has 1 saturated carbocycles. The fourth-order valence-electron chi connectivity index (χ4n) is 3.42. The maximum Gasteiger partial charge on any atom is 0.262 e. The van der Waals surface area contributed by atoms with E-state index in [1.165, 1.54) is 17.4 Å². The van der Waals surface area contributed by atoms with Gasteiger partial charge in [0.15, 0.2) is 0 Å². The van der Waals surface area contributed by atoms with E-state index in [-0.39, 0.29) is 23.7 Å². The van der Waals surface area contributed by atoms with E-state index in [1.807, 2.05) is 18.2 Å². The number of hydrogen-bond acceptors (Lipinski definition) is 0. The Morgan fingerprint density at radius 2 is 1.76 bits per heavy atom. The van der Waals surface area contributed by atoms with Crippen LogP contribution in [0.5, 0.6) is 0 Å². The molecule has 0 heterocycles. The summed E-state index contributed by atoms with van der Waals surface area (Å²) in [4.78, 5) is 6.35. The molecule has 2 aliphatic carbocycles. The number of fused-ring (bicyclic) bond motifs is 1. The van der Waals surface area contributed by atoms with Crippen molar-refractivity contribution in [1.29, 1.82) is 0 Å². The molecular weight excluding hydrogens is 260 g/mol. The highest BCUT2D eigenvalue weighted by Gasteiger charge is 2.42. The van der Waals surface area contributed by atoms with Crippen molar-refractivity contribution in [1.82, 2.24) is 0 Å². The van der Waals surface area contributed by atoms with Gasteiger partial charge in [-0.3, -0.25) is 0 Å². The first-order valence-corrected chi connectivity index (χ1v) is 7.12. The SMILES string of the molecule is [N-]=[N+]=C[C@H]1[C@H](C=[N+]=[N-])CC2=C[C@H](c3ccccc3)C=C[C@H]21. The van der Waals surface area contributed by atoms with E-state index in [2.05, 4.69) is 39.9 Å². The summed E-state index contributed by atoms with van der Waals surface area (Å²) in [6.45, 7) is 0.